The highest BCUT2D eigenvalue weighted by Gasteiger charge is 2.33. The van der Waals surface area contributed by atoms with E-state index >= 15 is 0 Å². The number of hydrogen-bond donors (Lipinski definition) is 0. The molecular formula is C20H21N3O2. The lowest BCUT2D eigenvalue weighted by Gasteiger charge is -2.33. The molecule has 4 rings (SSSR count). The number of benzene rings is 1. The van der Waals surface area contributed by atoms with Crippen LogP contribution in [0.25, 0.3) is 0 Å². The van der Waals surface area contributed by atoms with Crippen LogP contribution in [0.3, 0.4) is 0 Å². The summed E-state index contributed by atoms with van der Waals surface area (Å²) in [4.78, 5) is 33.2. The number of carbonyl (C=O) groups excluding carboxylic acids is 2. The van der Waals surface area contributed by atoms with Crippen molar-refractivity contribution in [2.75, 3.05) is 24.5 Å². The largest absolute Gasteiger partial charge is 0.339 e. The maximum atomic E-state index is 12.9. The number of likely N-dealkylation sites (tertiary alicyclic amines) is 1. The summed E-state index contributed by atoms with van der Waals surface area (Å²) in [7, 11) is 0. The van der Waals surface area contributed by atoms with Crippen molar-refractivity contribution in [1.82, 2.24) is 9.88 Å². The van der Waals surface area contributed by atoms with Gasteiger partial charge in [-0.25, -0.2) is 0 Å². The van der Waals surface area contributed by atoms with E-state index in [9.17, 15) is 9.59 Å². The number of pyridine rings is 1. The number of fused-ring (bicyclic) bond motifs is 1. The minimum Gasteiger partial charge on any atom is -0.339 e. The van der Waals surface area contributed by atoms with Crippen LogP contribution >= 0.6 is 0 Å². The van der Waals surface area contributed by atoms with Crippen LogP contribution in [-0.2, 0) is 11.2 Å². The first kappa shape index (κ1) is 15.8. The standard InChI is InChI=1S/C20H21N3O2/c24-19(17-5-3-10-21-14-17)22-11-7-16(8-12-22)20(25)23-13-9-15-4-1-2-6-18(15)23/h1-6,10,14,16H,7-9,11-13H2. The molecule has 2 amide bonds. The summed E-state index contributed by atoms with van der Waals surface area (Å²) in [6.07, 6.45) is 5.64. The lowest BCUT2D eigenvalue weighted by Crippen LogP contribution is -2.44. The number of amides is 2. The quantitative estimate of drug-likeness (QED) is 0.847. The Morgan fingerprint density at radius 2 is 1.80 bits per heavy atom. The highest BCUT2D eigenvalue weighted by Crippen LogP contribution is 2.31. The summed E-state index contributed by atoms with van der Waals surface area (Å²) < 4.78 is 0. The van der Waals surface area contributed by atoms with Crippen LogP contribution in [0, 0.1) is 5.92 Å². The third kappa shape index (κ3) is 3.02. The zero-order valence-electron chi connectivity index (χ0n) is 14.1. The number of rotatable bonds is 2. The molecule has 0 aliphatic carbocycles. The molecule has 0 N–H and O–H groups in total. The summed E-state index contributed by atoms with van der Waals surface area (Å²) in [5, 5.41) is 0. The van der Waals surface area contributed by atoms with Crippen LogP contribution in [0.15, 0.2) is 48.8 Å². The first-order valence-electron chi connectivity index (χ1n) is 8.82. The van der Waals surface area contributed by atoms with Crippen molar-refractivity contribution in [3.63, 3.8) is 0 Å². The molecule has 0 saturated carbocycles. The SMILES string of the molecule is O=C(c1cccnc1)N1CCC(C(=O)N2CCc3ccccc32)CC1. The van der Waals surface area contributed by atoms with Crippen LogP contribution in [0.1, 0.15) is 28.8 Å². The van der Waals surface area contributed by atoms with Crippen LogP contribution < -0.4 is 4.90 Å². The topological polar surface area (TPSA) is 53.5 Å². The van der Waals surface area contributed by atoms with Crippen molar-refractivity contribution in [2.45, 2.75) is 19.3 Å². The molecule has 2 aliphatic heterocycles. The Hall–Kier alpha value is -2.69. The van der Waals surface area contributed by atoms with E-state index in [0.29, 0.717) is 18.7 Å². The van der Waals surface area contributed by atoms with Crippen LogP contribution in [0.2, 0.25) is 0 Å². The number of aromatic nitrogens is 1. The van der Waals surface area contributed by atoms with Gasteiger partial charge in [-0.05, 0) is 43.0 Å². The van der Waals surface area contributed by atoms with Gasteiger partial charge in [0.05, 0.1) is 5.56 Å². The molecule has 2 aromatic rings. The maximum Gasteiger partial charge on any atom is 0.255 e. The summed E-state index contributed by atoms with van der Waals surface area (Å²) >= 11 is 0. The monoisotopic (exact) mass is 335 g/mol. The number of para-hydroxylation sites is 1. The van der Waals surface area contributed by atoms with Gasteiger partial charge in [0.2, 0.25) is 5.91 Å². The second-order valence-corrected chi connectivity index (χ2v) is 6.68. The number of carbonyl (C=O) groups is 2. The molecule has 1 aromatic heterocycles. The van der Waals surface area contributed by atoms with Crippen LogP contribution in [0.5, 0.6) is 0 Å². The van der Waals surface area contributed by atoms with Gasteiger partial charge < -0.3 is 9.80 Å². The van der Waals surface area contributed by atoms with Crippen molar-refractivity contribution in [1.29, 1.82) is 0 Å². The van der Waals surface area contributed by atoms with Crippen molar-refractivity contribution < 1.29 is 9.59 Å². The highest BCUT2D eigenvalue weighted by atomic mass is 16.2. The van der Waals surface area contributed by atoms with E-state index in [2.05, 4.69) is 11.1 Å². The molecule has 1 aromatic carbocycles. The Bertz CT molecular complexity index is 783. The van der Waals surface area contributed by atoms with Gasteiger partial charge in [0.25, 0.3) is 5.91 Å². The van der Waals surface area contributed by atoms with Gasteiger partial charge in [0.15, 0.2) is 0 Å². The minimum absolute atomic E-state index is 0.00380. The molecule has 1 saturated heterocycles. The van der Waals surface area contributed by atoms with E-state index in [0.717, 1.165) is 31.5 Å². The van der Waals surface area contributed by atoms with Crippen LogP contribution in [-0.4, -0.2) is 41.3 Å². The molecule has 25 heavy (non-hydrogen) atoms. The first-order chi connectivity index (χ1) is 12.2. The number of anilines is 1. The predicted molar refractivity (Wildman–Crippen MR) is 95.4 cm³/mol. The molecule has 1 fully saturated rings. The van der Waals surface area contributed by atoms with Crippen molar-refractivity contribution >= 4 is 17.5 Å². The van der Waals surface area contributed by atoms with Gasteiger partial charge in [0.1, 0.15) is 0 Å². The third-order valence-electron chi connectivity index (χ3n) is 5.19. The van der Waals surface area contributed by atoms with Gasteiger partial charge >= 0.3 is 0 Å². The van der Waals surface area contributed by atoms with Crippen molar-refractivity contribution in [2.24, 2.45) is 5.92 Å². The Morgan fingerprint density at radius 3 is 2.56 bits per heavy atom. The average molecular weight is 335 g/mol. The smallest absolute Gasteiger partial charge is 0.255 e. The maximum absolute atomic E-state index is 12.9. The third-order valence-corrected chi connectivity index (χ3v) is 5.19. The fourth-order valence-corrected chi connectivity index (χ4v) is 3.79. The van der Waals surface area contributed by atoms with E-state index < -0.39 is 0 Å². The molecule has 0 atom stereocenters. The Labute approximate surface area is 147 Å². The fraction of sp³-hybridized carbons (Fsp3) is 0.350. The molecule has 2 aliphatic rings. The summed E-state index contributed by atoms with van der Waals surface area (Å²) in [5.74, 6) is 0.216. The number of piperidine rings is 1. The molecule has 128 valence electrons. The molecule has 0 spiro atoms. The van der Waals surface area contributed by atoms with Gasteiger partial charge in [-0.3, -0.25) is 14.6 Å². The zero-order valence-corrected chi connectivity index (χ0v) is 14.1. The molecule has 0 unspecified atom stereocenters. The van der Waals surface area contributed by atoms with E-state index in [-0.39, 0.29) is 17.7 Å². The van der Waals surface area contributed by atoms with E-state index in [1.165, 1.54) is 5.56 Å². The molecule has 0 radical (unpaired) electrons. The lowest BCUT2D eigenvalue weighted by atomic mass is 9.94. The summed E-state index contributed by atoms with van der Waals surface area (Å²) in [6.45, 7) is 2.02. The second-order valence-electron chi connectivity index (χ2n) is 6.68. The van der Waals surface area contributed by atoms with Gasteiger partial charge in [-0.2, -0.15) is 0 Å². The highest BCUT2D eigenvalue weighted by molar-refractivity contribution is 5.97. The molecular weight excluding hydrogens is 314 g/mol. The number of nitrogens with zero attached hydrogens (tertiary/aromatic N) is 3. The Balaban J connectivity index is 1.39. The normalized spacial score (nSPS) is 17.4. The van der Waals surface area contributed by atoms with Crippen molar-refractivity contribution in [3.05, 3.63) is 59.9 Å². The second kappa shape index (κ2) is 6.67. The van der Waals surface area contributed by atoms with Crippen LogP contribution in [0.4, 0.5) is 5.69 Å². The molecule has 0 bridgehead atoms. The zero-order chi connectivity index (χ0) is 17.2. The molecule has 5 heteroatoms. The van der Waals surface area contributed by atoms with Crippen molar-refractivity contribution in [3.8, 4) is 0 Å². The van der Waals surface area contributed by atoms with Gasteiger partial charge in [-0.15, -0.1) is 0 Å². The van der Waals surface area contributed by atoms with E-state index in [4.69, 9.17) is 0 Å². The first-order valence-corrected chi connectivity index (χ1v) is 8.82. The molecule has 5 nitrogen and oxygen atoms in total. The average Bonchev–Trinajstić information content (AvgIpc) is 3.12. The summed E-state index contributed by atoms with van der Waals surface area (Å²) in [5.41, 5.74) is 2.92. The Morgan fingerprint density at radius 1 is 1.00 bits per heavy atom. The van der Waals surface area contributed by atoms with Gasteiger partial charge in [-0.1, -0.05) is 18.2 Å². The fourth-order valence-electron chi connectivity index (χ4n) is 3.79. The van der Waals surface area contributed by atoms with Gasteiger partial charge in [0, 0.05) is 43.6 Å². The number of hydrogen-bond acceptors (Lipinski definition) is 3. The Kier molecular flexibility index (Phi) is 4.22. The predicted octanol–water partition coefficient (Wildman–Crippen LogP) is 2.52. The van der Waals surface area contributed by atoms with E-state index in [1.807, 2.05) is 28.0 Å². The lowest BCUT2D eigenvalue weighted by molar-refractivity contribution is -0.123. The van der Waals surface area contributed by atoms with E-state index in [1.54, 1.807) is 24.5 Å². The molecule has 3 heterocycles. The minimum atomic E-state index is 0.00380. The summed E-state index contributed by atoms with van der Waals surface area (Å²) in [6, 6.07) is 11.7.